The van der Waals surface area contributed by atoms with E-state index in [1.54, 1.807) is 0 Å². The Morgan fingerprint density at radius 3 is 1.62 bits per heavy atom. The molecule has 0 radical (unpaired) electrons. The smallest absolute Gasteiger partial charge is 0.0459 e. The largest absolute Gasteiger partial charge is 0.396 e. The number of aliphatic hydroxyl groups excluding tert-OH is 2. The minimum atomic E-state index is 0.312. The van der Waals surface area contributed by atoms with Crippen LogP contribution in [-0.2, 0) is 0 Å². The van der Waals surface area contributed by atoms with E-state index in [1.807, 2.05) is 0 Å². The van der Waals surface area contributed by atoms with Gasteiger partial charge in [-0.25, -0.2) is 0 Å². The lowest BCUT2D eigenvalue weighted by Gasteiger charge is -2.24. The fourth-order valence-corrected chi connectivity index (χ4v) is 2.41. The summed E-state index contributed by atoms with van der Waals surface area (Å²) in [4.78, 5) is 0. The lowest BCUT2D eigenvalue weighted by molar-refractivity contribution is 0.176. The summed E-state index contributed by atoms with van der Waals surface area (Å²) in [5.41, 5.74) is 0. The Bertz CT molecular complexity index is 144. The van der Waals surface area contributed by atoms with Gasteiger partial charge in [-0.05, 0) is 37.0 Å². The van der Waals surface area contributed by atoms with Crippen LogP contribution in [0, 0.1) is 17.8 Å². The van der Waals surface area contributed by atoms with Crippen molar-refractivity contribution in [2.75, 3.05) is 13.2 Å². The van der Waals surface area contributed by atoms with Crippen molar-refractivity contribution in [1.82, 2.24) is 0 Å². The molecule has 0 aromatic heterocycles. The first-order valence-electron chi connectivity index (χ1n) is 6.93. The van der Waals surface area contributed by atoms with Gasteiger partial charge in [0, 0.05) is 13.2 Å². The van der Waals surface area contributed by atoms with Crippen LogP contribution >= 0.6 is 0 Å². The molecule has 0 saturated carbocycles. The standard InChI is InChI=1S/C14H30O2/c1-4-12(7-8-15)9-13(5-2)10-14(6-3)11-16/h12-16H,4-11H2,1-3H3. The van der Waals surface area contributed by atoms with Crippen molar-refractivity contribution in [2.45, 2.75) is 59.3 Å². The summed E-state index contributed by atoms with van der Waals surface area (Å²) >= 11 is 0. The van der Waals surface area contributed by atoms with Crippen molar-refractivity contribution in [3.63, 3.8) is 0 Å². The number of rotatable bonds is 10. The van der Waals surface area contributed by atoms with Gasteiger partial charge in [-0.3, -0.25) is 0 Å². The Hall–Kier alpha value is -0.0800. The molecule has 0 bridgehead atoms. The highest BCUT2D eigenvalue weighted by Crippen LogP contribution is 2.27. The summed E-state index contributed by atoms with van der Waals surface area (Å²) in [6, 6.07) is 0. The van der Waals surface area contributed by atoms with E-state index in [2.05, 4.69) is 20.8 Å². The molecule has 0 heterocycles. The molecule has 0 rings (SSSR count). The molecule has 0 fully saturated rings. The van der Waals surface area contributed by atoms with Gasteiger partial charge in [-0.15, -0.1) is 0 Å². The zero-order chi connectivity index (χ0) is 12.4. The molecule has 98 valence electrons. The monoisotopic (exact) mass is 230 g/mol. The van der Waals surface area contributed by atoms with E-state index in [0.717, 1.165) is 25.7 Å². The molecule has 0 aromatic carbocycles. The van der Waals surface area contributed by atoms with Crippen LogP contribution < -0.4 is 0 Å². The second kappa shape index (κ2) is 10.1. The Kier molecular flexibility index (Phi) is 10.0. The first-order valence-corrected chi connectivity index (χ1v) is 6.93. The van der Waals surface area contributed by atoms with Crippen LogP contribution in [-0.4, -0.2) is 23.4 Å². The van der Waals surface area contributed by atoms with E-state index in [4.69, 9.17) is 5.11 Å². The normalized spacial score (nSPS) is 17.1. The maximum Gasteiger partial charge on any atom is 0.0459 e. The van der Waals surface area contributed by atoms with Crippen molar-refractivity contribution in [3.05, 3.63) is 0 Å². The average Bonchev–Trinajstić information content (AvgIpc) is 2.33. The SMILES string of the molecule is CCC(CO)CC(CC)CC(CC)CCO. The van der Waals surface area contributed by atoms with Crippen LogP contribution in [0.25, 0.3) is 0 Å². The minimum absolute atomic E-state index is 0.312. The lowest BCUT2D eigenvalue weighted by atomic mass is 9.83. The van der Waals surface area contributed by atoms with Gasteiger partial charge >= 0.3 is 0 Å². The van der Waals surface area contributed by atoms with Crippen LogP contribution in [0.1, 0.15) is 59.3 Å². The molecule has 0 aliphatic carbocycles. The van der Waals surface area contributed by atoms with Gasteiger partial charge in [-0.1, -0.05) is 40.0 Å². The molecular weight excluding hydrogens is 200 g/mol. The highest BCUT2D eigenvalue weighted by molar-refractivity contribution is 4.68. The molecule has 0 aromatic rings. The quantitative estimate of drug-likeness (QED) is 0.605. The predicted molar refractivity (Wildman–Crippen MR) is 69.4 cm³/mol. The molecule has 0 amide bonds. The minimum Gasteiger partial charge on any atom is -0.396 e. The Balaban J connectivity index is 4.05. The van der Waals surface area contributed by atoms with Crippen molar-refractivity contribution in [2.24, 2.45) is 17.8 Å². The van der Waals surface area contributed by atoms with Crippen molar-refractivity contribution in [1.29, 1.82) is 0 Å². The zero-order valence-corrected chi connectivity index (χ0v) is 11.3. The molecule has 2 N–H and O–H groups in total. The van der Waals surface area contributed by atoms with E-state index in [1.165, 1.54) is 12.8 Å². The summed E-state index contributed by atoms with van der Waals surface area (Å²) < 4.78 is 0. The first kappa shape index (κ1) is 15.9. The fraction of sp³-hybridized carbons (Fsp3) is 1.00. The first-order chi connectivity index (χ1) is 7.71. The molecular formula is C14H30O2. The van der Waals surface area contributed by atoms with Crippen LogP contribution in [0.3, 0.4) is 0 Å². The summed E-state index contributed by atoms with van der Waals surface area (Å²) in [7, 11) is 0. The van der Waals surface area contributed by atoms with E-state index in [9.17, 15) is 5.11 Å². The Morgan fingerprint density at radius 2 is 1.25 bits per heavy atom. The summed E-state index contributed by atoms with van der Waals surface area (Å²) in [5.74, 6) is 1.84. The van der Waals surface area contributed by atoms with Crippen LogP contribution in [0.2, 0.25) is 0 Å². The maximum absolute atomic E-state index is 9.23. The van der Waals surface area contributed by atoms with Gasteiger partial charge in [0.05, 0.1) is 0 Å². The molecule has 0 saturated heterocycles. The van der Waals surface area contributed by atoms with Gasteiger partial charge in [0.25, 0.3) is 0 Å². The van der Waals surface area contributed by atoms with E-state index >= 15 is 0 Å². The molecule has 0 spiro atoms. The van der Waals surface area contributed by atoms with Crippen molar-refractivity contribution in [3.8, 4) is 0 Å². The van der Waals surface area contributed by atoms with Gasteiger partial charge in [-0.2, -0.15) is 0 Å². The summed E-state index contributed by atoms with van der Waals surface area (Å²) in [5, 5.41) is 18.2. The highest BCUT2D eigenvalue weighted by atomic mass is 16.3. The van der Waals surface area contributed by atoms with Crippen molar-refractivity contribution >= 4 is 0 Å². The third-order valence-corrected chi connectivity index (χ3v) is 3.86. The zero-order valence-electron chi connectivity index (χ0n) is 11.3. The number of aliphatic hydroxyl groups is 2. The van der Waals surface area contributed by atoms with Gasteiger partial charge in [0.15, 0.2) is 0 Å². The molecule has 0 aliphatic heterocycles. The van der Waals surface area contributed by atoms with Crippen LogP contribution in [0.4, 0.5) is 0 Å². The van der Waals surface area contributed by atoms with E-state index in [0.29, 0.717) is 31.0 Å². The second-order valence-corrected chi connectivity index (χ2v) is 4.99. The fourth-order valence-electron chi connectivity index (χ4n) is 2.41. The second-order valence-electron chi connectivity index (χ2n) is 4.99. The molecule has 3 unspecified atom stereocenters. The maximum atomic E-state index is 9.23. The Labute approximate surface area is 101 Å². The number of hydrogen-bond acceptors (Lipinski definition) is 2. The van der Waals surface area contributed by atoms with Gasteiger partial charge < -0.3 is 10.2 Å². The summed E-state index contributed by atoms with van der Waals surface area (Å²) in [6.45, 7) is 7.23. The van der Waals surface area contributed by atoms with E-state index < -0.39 is 0 Å². The summed E-state index contributed by atoms with van der Waals surface area (Å²) in [6.07, 6.45) is 6.72. The van der Waals surface area contributed by atoms with Gasteiger partial charge in [0.2, 0.25) is 0 Å². The van der Waals surface area contributed by atoms with Crippen LogP contribution in [0.15, 0.2) is 0 Å². The molecule has 16 heavy (non-hydrogen) atoms. The third-order valence-electron chi connectivity index (χ3n) is 3.86. The molecule has 2 heteroatoms. The third kappa shape index (κ3) is 6.49. The lowest BCUT2D eigenvalue weighted by Crippen LogP contribution is -2.15. The highest BCUT2D eigenvalue weighted by Gasteiger charge is 2.17. The van der Waals surface area contributed by atoms with Crippen LogP contribution in [0.5, 0.6) is 0 Å². The molecule has 3 atom stereocenters. The van der Waals surface area contributed by atoms with Gasteiger partial charge in [0.1, 0.15) is 0 Å². The molecule has 2 nitrogen and oxygen atoms in total. The Morgan fingerprint density at radius 1 is 0.750 bits per heavy atom. The average molecular weight is 230 g/mol. The molecule has 0 aliphatic rings. The topological polar surface area (TPSA) is 40.5 Å². The number of hydrogen-bond donors (Lipinski definition) is 2. The van der Waals surface area contributed by atoms with E-state index in [-0.39, 0.29) is 0 Å². The van der Waals surface area contributed by atoms with Crippen molar-refractivity contribution < 1.29 is 10.2 Å². The predicted octanol–water partition coefficient (Wildman–Crippen LogP) is 3.22.